The molecular formula is C23H33N3O4S. The Kier molecular flexibility index (Phi) is 7.72. The third-order valence-corrected chi connectivity index (χ3v) is 6.78. The summed E-state index contributed by atoms with van der Waals surface area (Å²) >= 11 is 0. The molecule has 170 valence electrons. The van der Waals surface area contributed by atoms with Crippen molar-refractivity contribution in [3.8, 4) is 5.75 Å². The van der Waals surface area contributed by atoms with Crippen LogP contribution in [0.3, 0.4) is 0 Å². The number of benzene rings is 2. The summed E-state index contributed by atoms with van der Waals surface area (Å²) in [5.74, 6) is 0.156. The fraction of sp³-hybridized carbons (Fsp3) is 0.435. The zero-order chi connectivity index (χ0) is 23.4. The summed E-state index contributed by atoms with van der Waals surface area (Å²) in [5, 5.41) is 2.95. The van der Waals surface area contributed by atoms with Gasteiger partial charge >= 0.3 is 0 Å². The normalized spacial score (nSPS) is 12.0. The summed E-state index contributed by atoms with van der Waals surface area (Å²) in [7, 11) is 3.04. The van der Waals surface area contributed by atoms with Gasteiger partial charge < -0.3 is 15.0 Å². The molecule has 0 radical (unpaired) electrons. The smallest absolute Gasteiger partial charge is 0.264 e. The Morgan fingerprint density at radius 3 is 2.35 bits per heavy atom. The van der Waals surface area contributed by atoms with E-state index in [9.17, 15) is 13.2 Å². The molecule has 8 heteroatoms. The second-order valence-electron chi connectivity index (χ2n) is 8.71. The summed E-state index contributed by atoms with van der Waals surface area (Å²) in [6.07, 6.45) is 0. The van der Waals surface area contributed by atoms with E-state index in [0.29, 0.717) is 29.1 Å². The van der Waals surface area contributed by atoms with Crippen molar-refractivity contribution < 1.29 is 17.9 Å². The van der Waals surface area contributed by atoms with Crippen LogP contribution in [0.2, 0.25) is 0 Å². The molecule has 2 aromatic carbocycles. The summed E-state index contributed by atoms with van der Waals surface area (Å²) < 4.78 is 33.0. The SMILES string of the molecule is COc1ccccc1N(C)S(=O)(=O)c1ccc(C)c(C(=O)NCC(C)(C)CN(C)C)c1. The van der Waals surface area contributed by atoms with Crippen LogP contribution < -0.4 is 14.4 Å². The van der Waals surface area contributed by atoms with Crippen LogP contribution in [-0.4, -0.2) is 60.6 Å². The van der Waals surface area contributed by atoms with Crippen LogP contribution in [0, 0.1) is 12.3 Å². The van der Waals surface area contributed by atoms with Crippen molar-refractivity contribution in [1.29, 1.82) is 0 Å². The van der Waals surface area contributed by atoms with Crippen LogP contribution in [0.15, 0.2) is 47.4 Å². The number of methoxy groups -OCH3 is 1. The molecule has 0 unspecified atom stereocenters. The molecule has 0 aliphatic carbocycles. The van der Waals surface area contributed by atoms with Crippen LogP contribution in [0.25, 0.3) is 0 Å². The van der Waals surface area contributed by atoms with Gasteiger partial charge in [-0.25, -0.2) is 8.42 Å². The van der Waals surface area contributed by atoms with Gasteiger partial charge in [-0.1, -0.05) is 32.0 Å². The largest absolute Gasteiger partial charge is 0.495 e. The lowest BCUT2D eigenvalue weighted by molar-refractivity contribution is 0.0928. The van der Waals surface area contributed by atoms with Crippen molar-refractivity contribution in [3.05, 3.63) is 53.6 Å². The Bertz CT molecular complexity index is 1030. The van der Waals surface area contributed by atoms with Gasteiger partial charge in [0.05, 0.1) is 17.7 Å². The summed E-state index contributed by atoms with van der Waals surface area (Å²) in [5.41, 5.74) is 1.35. The number of nitrogens with one attached hydrogen (secondary N) is 1. The van der Waals surface area contributed by atoms with Crippen LogP contribution in [0.4, 0.5) is 5.69 Å². The van der Waals surface area contributed by atoms with Gasteiger partial charge in [-0.15, -0.1) is 0 Å². The fourth-order valence-electron chi connectivity index (χ4n) is 3.51. The lowest BCUT2D eigenvalue weighted by Gasteiger charge is -2.28. The van der Waals surface area contributed by atoms with Crippen LogP contribution in [0.5, 0.6) is 5.75 Å². The highest BCUT2D eigenvalue weighted by molar-refractivity contribution is 7.92. The standard InChI is InChI=1S/C23H33N3O4S/c1-17-12-13-18(14-19(17)22(27)24-15-23(2,3)16-25(4)5)31(28,29)26(6)20-10-8-9-11-21(20)30-7/h8-14H,15-16H2,1-7H3,(H,24,27). The van der Waals surface area contributed by atoms with E-state index >= 15 is 0 Å². The van der Waals surface area contributed by atoms with Gasteiger partial charge in [-0.05, 0) is 56.3 Å². The van der Waals surface area contributed by atoms with Crippen molar-refractivity contribution in [2.24, 2.45) is 5.41 Å². The maximum absolute atomic E-state index is 13.3. The van der Waals surface area contributed by atoms with E-state index in [1.165, 1.54) is 30.6 Å². The van der Waals surface area contributed by atoms with Crippen LogP contribution in [-0.2, 0) is 10.0 Å². The second kappa shape index (κ2) is 9.70. The predicted molar refractivity (Wildman–Crippen MR) is 124 cm³/mol. The Balaban J connectivity index is 2.31. The van der Waals surface area contributed by atoms with E-state index in [2.05, 4.69) is 24.1 Å². The maximum atomic E-state index is 13.3. The third kappa shape index (κ3) is 5.98. The zero-order valence-electron chi connectivity index (χ0n) is 19.4. The number of para-hydroxylation sites is 2. The average molecular weight is 448 g/mol. The number of hydrogen-bond acceptors (Lipinski definition) is 5. The molecule has 2 rings (SSSR count). The first-order chi connectivity index (χ1) is 14.4. The number of sulfonamides is 1. The number of amides is 1. The van der Waals surface area contributed by atoms with E-state index in [4.69, 9.17) is 4.74 Å². The highest BCUT2D eigenvalue weighted by Crippen LogP contribution is 2.31. The Morgan fingerprint density at radius 1 is 1.10 bits per heavy atom. The van der Waals surface area contributed by atoms with Gasteiger partial charge in [0.2, 0.25) is 0 Å². The second-order valence-corrected chi connectivity index (χ2v) is 10.7. The summed E-state index contributed by atoms with van der Waals surface area (Å²) in [4.78, 5) is 15.0. The highest BCUT2D eigenvalue weighted by atomic mass is 32.2. The molecule has 2 aromatic rings. The number of ether oxygens (including phenoxy) is 1. The van der Waals surface area contributed by atoms with Crippen LogP contribution >= 0.6 is 0 Å². The number of carbonyl (C=O) groups excluding carboxylic acids is 1. The van der Waals surface area contributed by atoms with Gasteiger partial charge in [-0.2, -0.15) is 0 Å². The third-order valence-electron chi connectivity index (χ3n) is 5.01. The number of aryl methyl sites for hydroxylation is 1. The van der Waals surface area contributed by atoms with Gasteiger partial charge in [0.15, 0.2) is 0 Å². The molecule has 0 saturated carbocycles. The van der Waals surface area contributed by atoms with Crippen molar-refractivity contribution in [2.75, 3.05) is 45.6 Å². The number of rotatable bonds is 9. The highest BCUT2D eigenvalue weighted by Gasteiger charge is 2.26. The van der Waals surface area contributed by atoms with E-state index < -0.39 is 10.0 Å². The molecule has 0 aliphatic heterocycles. The predicted octanol–water partition coefficient (Wildman–Crippen LogP) is 3.15. The first kappa shape index (κ1) is 24.7. The fourth-order valence-corrected chi connectivity index (χ4v) is 4.74. The molecular weight excluding hydrogens is 414 g/mol. The molecule has 1 N–H and O–H groups in total. The minimum atomic E-state index is -3.89. The van der Waals surface area contributed by atoms with Gasteiger partial charge in [0.25, 0.3) is 15.9 Å². The molecule has 0 saturated heterocycles. The molecule has 0 heterocycles. The minimum Gasteiger partial charge on any atom is -0.495 e. The molecule has 0 aromatic heterocycles. The van der Waals surface area contributed by atoms with Gasteiger partial charge in [0.1, 0.15) is 5.75 Å². The molecule has 0 spiro atoms. The first-order valence-electron chi connectivity index (χ1n) is 10.0. The number of hydrogen-bond donors (Lipinski definition) is 1. The molecule has 7 nitrogen and oxygen atoms in total. The number of nitrogens with zero attached hydrogens (tertiary/aromatic N) is 2. The molecule has 1 amide bonds. The van der Waals surface area contributed by atoms with E-state index in [-0.39, 0.29) is 16.2 Å². The topological polar surface area (TPSA) is 78.9 Å². The molecule has 0 bridgehead atoms. The van der Waals surface area contributed by atoms with Crippen molar-refractivity contribution in [1.82, 2.24) is 10.2 Å². The lowest BCUT2D eigenvalue weighted by Crippen LogP contribution is -2.40. The van der Waals surface area contributed by atoms with E-state index in [1.807, 2.05) is 14.1 Å². The quantitative estimate of drug-likeness (QED) is 0.639. The van der Waals surface area contributed by atoms with Crippen LogP contribution in [0.1, 0.15) is 29.8 Å². The lowest BCUT2D eigenvalue weighted by atomic mass is 9.92. The van der Waals surface area contributed by atoms with Crippen molar-refractivity contribution in [3.63, 3.8) is 0 Å². The molecule has 0 aliphatic rings. The molecule has 0 fully saturated rings. The number of anilines is 1. The maximum Gasteiger partial charge on any atom is 0.264 e. The average Bonchev–Trinajstić information content (AvgIpc) is 2.70. The van der Waals surface area contributed by atoms with E-state index in [0.717, 1.165) is 6.54 Å². The first-order valence-corrected chi connectivity index (χ1v) is 11.5. The Hall–Kier alpha value is -2.58. The van der Waals surface area contributed by atoms with Crippen molar-refractivity contribution in [2.45, 2.75) is 25.7 Å². The minimum absolute atomic E-state index is 0.0456. The van der Waals surface area contributed by atoms with Gasteiger partial charge in [0, 0.05) is 25.7 Å². The molecule has 0 atom stereocenters. The summed E-state index contributed by atoms with van der Waals surface area (Å²) in [6.45, 7) is 7.22. The molecule has 31 heavy (non-hydrogen) atoms. The Labute approximate surface area is 186 Å². The zero-order valence-corrected chi connectivity index (χ0v) is 20.2. The Morgan fingerprint density at radius 2 is 1.74 bits per heavy atom. The number of carbonyl (C=O) groups is 1. The van der Waals surface area contributed by atoms with Gasteiger partial charge in [-0.3, -0.25) is 9.10 Å². The van der Waals surface area contributed by atoms with Crippen molar-refractivity contribution >= 4 is 21.6 Å². The summed E-state index contributed by atoms with van der Waals surface area (Å²) in [6, 6.07) is 11.5. The van der Waals surface area contributed by atoms with E-state index in [1.54, 1.807) is 37.3 Å². The monoisotopic (exact) mass is 447 g/mol.